The molecule has 0 saturated carbocycles. The van der Waals surface area contributed by atoms with Crippen LogP contribution in [0.3, 0.4) is 0 Å². The number of esters is 1. The van der Waals surface area contributed by atoms with E-state index in [2.05, 4.69) is 28.2 Å². The molecule has 1 N–H and O–H groups in total. The Bertz CT molecular complexity index is 1530. The average Bonchev–Trinajstić information content (AvgIpc) is 3.53. The quantitative estimate of drug-likeness (QED) is 0.120. The van der Waals surface area contributed by atoms with Crippen molar-refractivity contribution in [1.82, 2.24) is 14.8 Å². The van der Waals surface area contributed by atoms with E-state index >= 15 is 0 Å². The fourth-order valence-corrected chi connectivity index (χ4v) is 5.90. The van der Waals surface area contributed by atoms with Gasteiger partial charge in [0.25, 0.3) is 0 Å². The zero-order chi connectivity index (χ0) is 28.8. The first-order valence-electron chi connectivity index (χ1n) is 12.7. The summed E-state index contributed by atoms with van der Waals surface area (Å²) in [6, 6.07) is 13.9. The topological polar surface area (TPSA) is 95.3 Å². The Morgan fingerprint density at radius 1 is 1.12 bits per heavy atom. The van der Waals surface area contributed by atoms with Gasteiger partial charge in [-0.3, -0.25) is 9.36 Å². The number of rotatable bonds is 11. The second-order valence-electron chi connectivity index (χ2n) is 9.32. The number of allylic oxidation sites excluding steroid dienone is 1. The molecule has 2 heterocycles. The number of carbonyl (C=O) groups excluding carboxylic acids is 2. The van der Waals surface area contributed by atoms with Crippen LogP contribution in [-0.2, 0) is 16.1 Å². The number of hydrogen-bond donors (Lipinski definition) is 1. The van der Waals surface area contributed by atoms with Gasteiger partial charge in [0.2, 0.25) is 5.91 Å². The van der Waals surface area contributed by atoms with Crippen molar-refractivity contribution >= 4 is 40.0 Å². The van der Waals surface area contributed by atoms with Gasteiger partial charge in [0.1, 0.15) is 16.3 Å². The average molecular weight is 577 g/mol. The maximum Gasteiger partial charge on any atom is 0.341 e. The number of nitrogens with one attached hydrogen (secondary N) is 1. The minimum Gasteiger partial charge on any atom is -0.482 e. The number of amides is 1. The van der Waals surface area contributed by atoms with Crippen LogP contribution in [0.1, 0.15) is 45.9 Å². The molecule has 0 aliphatic carbocycles. The van der Waals surface area contributed by atoms with Crippen LogP contribution in [0, 0.1) is 20.8 Å². The number of thiophene rings is 1. The number of hydrogen-bond acceptors (Lipinski definition) is 8. The molecule has 2 aromatic carbocycles. The maximum absolute atomic E-state index is 13.0. The standard InChI is InChI=1S/C30H32N4O4S2/c1-7-14-34-27(21(5)38-24-13-10-19(3)15-20(24)4)32-33-30(34)40-17-25(35)31-28-26(29(36)37-6)23(16-39-28)22-11-8-18(2)9-12-22/h7-13,15-16,21H,1,14,17H2,2-6H3,(H,31,35). The molecule has 0 fully saturated rings. The number of benzene rings is 2. The molecule has 10 heteroatoms. The Kier molecular flexibility index (Phi) is 9.44. The summed E-state index contributed by atoms with van der Waals surface area (Å²) in [6.07, 6.45) is 1.38. The van der Waals surface area contributed by atoms with Gasteiger partial charge >= 0.3 is 5.97 Å². The van der Waals surface area contributed by atoms with Crippen molar-refractivity contribution in [3.8, 4) is 16.9 Å². The molecular weight excluding hydrogens is 544 g/mol. The van der Waals surface area contributed by atoms with Crippen LogP contribution < -0.4 is 10.1 Å². The minimum atomic E-state index is -0.507. The van der Waals surface area contributed by atoms with Gasteiger partial charge in [-0.25, -0.2) is 4.79 Å². The molecule has 1 amide bonds. The van der Waals surface area contributed by atoms with Gasteiger partial charge in [-0.2, -0.15) is 0 Å². The highest BCUT2D eigenvalue weighted by atomic mass is 32.2. The largest absolute Gasteiger partial charge is 0.482 e. The fourth-order valence-electron chi connectivity index (χ4n) is 4.18. The lowest BCUT2D eigenvalue weighted by atomic mass is 10.0. The van der Waals surface area contributed by atoms with Crippen molar-refractivity contribution in [3.63, 3.8) is 0 Å². The summed E-state index contributed by atoms with van der Waals surface area (Å²) in [5.74, 6) is 0.702. The molecule has 0 radical (unpaired) electrons. The van der Waals surface area contributed by atoms with Crippen molar-refractivity contribution in [2.45, 2.75) is 45.5 Å². The van der Waals surface area contributed by atoms with Crippen LogP contribution in [-0.4, -0.2) is 39.5 Å². The highest BCUT2D eigenvalue weighted by Crippen LogP contribution is 2.36. The first-order valence-corrected chi connectivity index (χ1v) is 14.6. The summed E-state index contributed by atoms with van der Waals surface area (Å²) in [7, 11) is 1.33. The van der Waals surface area contributed by atoms with Gasteiger partial charge in [0.05, 0.1) is 12.9 Å². The summed E-state index contributed by atoms with van der Waals surface area (Å²) in [5.41, 5.74) is 5.24. The van der Waals surface area contributed by atoms with E-state index in [-0.39, 0.29) is 17.8 Å². The lowest BCUT2D eigenvalue weighted by molar-refractivity contribution is -0.113. The van der Waals surface area contributed by atoms with E-state index in [1.165, 1.54) is 30.2 Å². The second kappa shape index (κ2) is 13.0. The van der Waals surface area contributed by atoms with Crippen molar-refractivity contribution in [3.05, 3.63) is 88.6 Å². The number of anilines is 1. The molecule has 0 aliphatic rings. The van der Waals surface area contributed by atoms with Gasteiger partial charge in [-0.15, -0.1) is 28.1 Å². The summed E-state index contributed by atoms with van der Waals surface area (Å²) in [5, 5.41) is 14.4. The molecular formula is C30H32N4O4S2. The lowest BCUT2D eigenvalue weighted by Crippen LogP contribution is -2.17. The van der Waals surface area contributed by atoms with Crippen molar-refractivity contribution in [1.29, 1.82) is 0 Å². The Morgan fingerprint density at radius 2 is 1.85 bits per heavy atom. The summed E-state index contributed by atoms with van der Waals surface area (Å²) in [4.78, 5) is 25.6. The molecule has 40 heavy (non-hydrogen) atoms. The fraction of sp³-hybridized carbons (Fsp3) is 0.267. The summed E-state index contributed by atoms with van der Waals surface area (Å²) in [6.45, 7) is 12.3. The smallest absolute Gasteiger partial charge is 0.341 e. The second-order valence-corrected chi connectivity index (χ2v) is 11.1. The van der Waals surface area contributed by atoms with Gasteiger partial charge in [0.15, 0.2) is 17.1 Å². The maximum atomic E-state index is 13.0. The number of nitrogens with zero attached hydrogens (tertiary/aromatic N) is 3. The van der Waals surface area contributed by atoms with E-state index in [4.69, 9.17) is 9.47 Å². The molecule has 8 nitrogen and oxygen atoms in total. The van der Waals surface area contributed by atoms with E-state index in [9.17, 15) is 9.59 Å². The number of aryl methyl sites for hydroxylation is 3. The number of ether oxygens (including phenoxy) is 2. The van der Waals surface area contributed by atoms with E-state index in [0.717, 1.165) is 28.0 Å². The SMILES string of the molecule is C=CCn1c(SCC(=O)Nc2scc(-c3ccc(C)cc3)c2C(=O)OC)nnc1C(C)Oc1ccc(C)cc1C. The normalized spacial score (nSPS) is 11.6. The molecule has 4 aromatic rings. The van der Waals surface area contributed by atoms with Crippen LogP contribution in [0.25, 0.3) is 11.1 Å². The third-order valence-corrected chi connectivity index (χ3v) is 8.05. The minimum absolute atomic E-state index is 0.0694. The van der Waals surface area contributed by atoms with Gasteiger partial charge in [-0.05, 0) is 44.9 Å². The molecule has 1 unspecified atom stereocenters. The van der Waals surface area contributed by atoms with Crippen molar-refractivity contribution in [2.75, 3.05) is 18.2 Å². The Balaban J connectivity index is 1.48. The summed E-state index contributed by atoms with van der Waals surface area (Å²) >= 11 is 2.54. The van der Waals surface area contributed by atoms with Crippen molar-refractivity contribution < 1.29 is 19.1 Å². The zero-order valence-electron chi connectivity index (χ0n) is 23.2. The molecule has 0 spiro atoms. The molecule has 2 aromatic heterocycles. The first kappa shape index (κ1) is 29.1. The Labute approximate surface area is 242 Å². The van der Waals surface area contributed by atoms with E-state index in [1.54, 1.807) is 6.08 Å². The van der Waals surface area contributed by atoms with Crippen molar-refractivity contribution in [2.24, 2.45) is 0 Å². The van der Waals surface area contributed by atoms with Crippen LogP contribution in [0.15, 0.2) is 65.7 Å². The Hall–Kier alpha value is -3.89. The van der Waals surface area contributed by atoms with Gasteiger partial charge in [-0.1, -0.05) is 65.4 Å². The van der Waals surface area contributed by atoms with Crippen LogP contribution in [0.2, 0.25) is 0 Å². The predicted molar refractivity (Wildman–Crippen MR) is 160 cm³/mol. The highest BCUT2D eigenvalue weighted by molar-refractivity contribution is 7.99. The van der Waals surface area contributed by atoms with E-state index in [0.29, 0.717) is 33.7 Å². The number of thioether (sulfide) groups is 1. The monoisotopic (exact) mass is 576 g/mol. The molecule has 0 bridgehead atoms. The van der Waals surface area contributed by atoms with Gasteiger partial charge < -0.3 is 14.8 Å². The third-order valence-electron chi connectivity index (χ3n) is 6.18. The van der Waals surface area contributed by atoms with Crippen LogP contribution in [0.5, 0.6) is 5.75 Å². The molecule has 208 valence electrons. The molecule has 4 rings (SSSR count). The van der Waals surface area contributed by atoms with Crippen LogP contribution in [0.4, 0.5) is 5.00 Å². The number of carbonyl (C=O) groups is 2. The number of aromatic nitrogens is 3. The van der Waals surface area contributed by atoms with E-state index in [1.807, 2.05) is 74.0 Å². The Morgan fingerprint density at radius 3 is 2.52 bits per heavy atom. The van der Waals surface area contributed by atoms with E-state index < -0.39 is 5.97 Å². The number of methoxy groups -OCH3 is 1. The van der Waals surface area contributed by atoms with Gasteiger partial charge in [0, 0.05) is 17.5 Å². The third kappa shape index (κ3) is 6.63. The zero-order valence-corrected chi connectivity index (χ0v) is 24.8. The highest BCUT2D eigenvalue weighted by Gasteiger charge is 2.24. The summed E-state index contributed by atoms with van der Waals surface area (Å²) < 4.78 is 13.1. The lowest BCUT2D eigenvalue weighted by Gasteiger charge is -2.17. The molecule has 0 aliphatic heterocycles. The predicted octanol–water partition coefficient (Wildman–Crippen LogP) is 6.78. The first-order chi connectivity index (χ1) is 19.2. The molecule has 1 atom stereocenters. The molecule has 0 saturated heterocycles. The van der Waals surface area contributed by atoms with Crippen LogP contribution >= 0.6 is 23.1 Å².